The van der Waals surface area contributed by atoms with Gasteiger partial charge in [-0.1, -0.05) is 52.9 Å². The van der Waals surface area contributed by atoms with Crippen molar-refractivity contribution in [3.63, 3.8) is 0 Å². The largest absolute Gasteiger partial charge is 0.310 e. The standard InChI is InChI=1S/C16H29NS/c1-4-7-8-9-10-11-15(17-6-3)16-13-12-14(5-2)18-16/h12-13,15,17H,4-11H2,1-3H3. The molecule has 0 aliphatic rings. The quantitative estimate of drug-likeness (QED) is 0.566. The summed E-state index contributed by atoms with van der Waals surface area (Å²) in [6.45, 7) is 7.79. The Kier molecular flexibility index (Phi) is 8.36. The van der Waals surface area contributed by atoms with Crippen LogP contribution >= 0.6 is 11.3 Å². The average molecular weight is 267 g/mol. The first-order chi connectivity index (χ1) is 8.81. The van der Waals surface area contributed by atoms with Gasteiger partial charge in [0.2, 0.25) is 0 Å². The van der Waals surface area contributed by atoms with Gasteiger partial charge in [-0.3, -0.25) is 0 Å². The fraction of sp³-hybridized carbons (Fsp3) is 0.750. The Bertz CT molecular complexity index is 306. The third-order valence-corrected chi connectivity index (χ3v) is 4.76. The summed E-state index contributed by atoms with van der Waals surface area (Å²) >= 11 is 1.99. The van der Waals surface area contributed by atoms with Gasteiger partial charge in [-0.25, -0.2) is 0 Å². The molecule has 0 spiro atoms. The molecule has 1 aromatic rings. The first-order valence-electron chi connectivity index (χ1n) is 7.63. The maximum Gasteiger partial charge on any atom is 0.0414 e. The van der Waals surface area contributed by atoms with Crippen molar-refractivity contribution in [2.24, 2.45) is 0 Å². The van der Waals surface area contributed by atoms with Crippen LogP contribution in [-0.2, 0) is 6.42 Å². The molecule has 1 rings (SSSR count). The van der Waals surface area contributed by atoms with Gasteiger partial charge in [0.25, 0.3) is 0 Å². The topological polar surface area (TPSA) is 12.0 Å². The summed E-state index contributed by atoms with van der Waals surface area (Å²) in [5.41, 5.74) is 0. The molecule has 1 N–H and O–H groups in total. The molecular formula is C16H29NS. The molecule has 1 atom stereocenters. The lowest BCUT2D eigenvalue weighted by Crippen LogP contribution is -2.19. The van der Waals surface area contributed by atoms with Gasteiger partial charge in [0.15, 0.2) is 0 Å². The molecule has 0 aliphatic heterocycles. The number of nitrogens with one attached hydrogen (secondary N) is 1. The minimum Gasteiger partial charge on any atom is -0.310 e. The Morgan fingerprint density at radius 1 is 1.06 bits per heavy atom. The van der Waals surface area contributed by atoms with E-state index in [1.165, 1.54) is 54.7 Å². The average Bonchev–Trinajstić information content (AvgIpc) is 2.86. The molecule has 1 aromatic heterocycles. The lowest BCUT2D eigenvalue weighted by molar-refractivity contribution is 0.484. The second kappa shape index (κ2) is 9.57. The van der Waals surface area contributed by atoms with E-state index in [0.717, 1.165) is 6.54 Å². The van der Waals surface area contributed by atoms with E-state index in [1.807, 2.05) is 11.3 Å². The van der Waals surface area contributed by atoms with Gasteiger partial charge < -0.3 is 5.32 Å². The van der Waals surface area contributed by atoms with Crippen molar-refractivity contribution < 1.29 is 0 Å². The van der Waals surface area contributed by atoms with Gasteiger partial charge in [0.1, 0.15) is 0 Å². The zero-order chi connectivity index (χ0) is 13.2. The van der Waals surface area contributed by atoms with Gasteiger partial charge in [0, 0.05) is 15.8 Å². The number of thiophene rings is 1. The molecule has 0 fully saturated rings. The number of rotatable bonds is 10. The first-order valence-corrected chi connectivity index (χ1v) is 8.45. The highest BCUT2D eigenvalue weighted by atomic mass is 32.1. The van der Waals surface area contributed by atoms with Gasteiger partial charge in [-0.05, 0) is 31.5 Å². The molecule has 0 saturated heterocycles. The van der Waals surface area contributed by atoms with Crippen LogP contribution in [0.25, 0.3) is 0 Å². The van der Waals surface area contributed by atoms with E-state index >= 15 is 0 Å². The molecule has 0 saturated carbocycles. The summed E-state index contributed by atoms with van der Waals surface area (Å²) in [4.78, 5) is 3.04. The van der Waals surface area contributed by atoms with E-state index in [2.05, 4.69) is 38.2 Å². The highest BCUT2D eigenvalue weighted by molar-refractivity contribution is 7.12. The zero-order valence-electron chi connectivity index (χ0n) is 12.3. The molecular weight excluding hydrogens is 238 g/mol. The highest BCUT2D eigenvalue weighted by Crippen LogP contribution is 2.27. The SMILES string of the molecule is CCCCCCCC(NCC)c1ccc(CC)s1. The van der Waals surface area contributed by atoms with Crippen molar-refractivity contribution in [1.82, 2.24) is 5.32 Å². The summed E-state index contributed by atoms with van der Waals surface area (Å²) < 4.78 is 0. The monoisotopic (exact) mass is 267 g/mol. The molecule has 18 heavy (non-hydrogen) atoms. The molecule has 1 heterocycles. The lowest BCUT2D eigenvalue weighted by atomic mass is 10.1. The van der Waals surface area contributed by atoms with Crippen molar-refractivity contribution in [3.05, 3.63) is 21.9 Å². The minimum atomic E-state index is 0.585. The number of hydrogen-bond donors (Lipinski definition) is 1. The molecule has 0 aromatic carbocycles. The molecule has 0 radical (unpaired) electrons. The van der Waals surface area contributed by atoms with Crippen molar-refractivity contribution in [2.75, 3.05) is 6.54 Å². The Hall–Kier alpha value is -0.340. The Morgan fingerprint density at radius 2 is 1.83 bits per heavy atom. The number of aryl methyl sites for hydroxylation is 1. The van der Waals surface area contributed by atoms with Gasteiger partial charge in [-0.2, -0.15) is 0 Å². The van der Waals surface area contributed by atoms with E-state index in [-0.39, 0.29) is 0 Å². The maximum absolute atomic E-state index is 3.64. The van der Waals surface area contributed by atoms with Gasteiger partial charge >= 0.3 is 0 Å². The summed E-state index contributed by atoms with van der Waals surface area (Å²) in [5.74, 6) is 0. The van der Waals surface area contributed by atoms with Crippen LogP contribution in [0.15, 0.2) is 12.1 Å². The van der Waals surface area contributed by atoms with Crippen LogP contribution in [0.1, 0.15) is 75.1 Å². The van der Waals surface area contributed by atoms with Gasteiger partial charge in [-0.15, -0.1) is 11.3 Å². The van der Waals surface area contributed by atoms with Crippen LogP contribution in [0.4, 0.5) is 0 Å². The lowest BCUT2D eigenvalue weighted by Gasteiger charge is -2.16. The molecule has 0 bridgehead atoms. The molecule has 104 valence electrons. The normalized spacial score (nSPS) is 12.8. The molecule has 1 unspecified atom stereocenters. The predicted molar refractivity (Wildman–Crippen MR) is 83.5 cm³/mol. The van der Waals surface area contributed by atoms with Crippen LogP contribution in [-0.4, -0.2) is 6.54 Å². The minimum absolute atomic E-state index is 0.585. The molecule has 1 nitrogen and oxygen atoms in total. The summed E-state index contributed by atoms with van der Waals surface area (Å²) in [6.07, 6.45) is 9.34. The summed E-state index contributed by atoms with van der Waals surface area (Å²) in [7, 11) is 0. The molecule has 0 aliphatic carbocycles. The van der Waals surface area contributed by atoms with Crippen LogP contribution < -0.4 is 5.32 Å². The zero-order valence-corrected chi connectivity index (χ0v) is 13.1. The highest BCUT2D eigenvalue weighted by Gasteiger charge is 2.12. The maximum atomic E-state index is 3.64. The summed E-state index contributed by atoms with van der Waals surface area (Å²) in [6, 6.07) is 5.20. The Morgan fingerprint density at radius 3 is 2.44 bits per heavy atom. The molecule has 2 heteroatoms. The smallest absolute Gasteiger partial charge is 0.0414 e. The van der Waals surface area contributed by atoms with Crippen LogP contribution in [0.5, 0.6) is 0 Å². The Balaban J connectivity index is 2.38. The third kappa shape index (κ3) is 5.53. The number of hydrogen-bond acceptors (Lipinski definition) is 2. The second-order valence-electron chi connectivity index (χ2n) is 4.97. The van der Waals surface area contributed by atoms with E-state index < -0.39 is 0 Å². The van der Waals surface area contributed by atoms with Crippen molar-refractivity contribution >= 4 is 11.3 Å². The van der Waals surface area contributed by atoms with E-state index in [9.17, 15) is 0 Å². The fourth-order valence-electron chi connectivity index (χ4n) is 2.32. The van der Waals surface area contributed by atoms with Gasteiger partial charge in [0.05, 0.1) is 0 Å². The second-order valence-corrected chi connectivity index (χ2v) is 6.17. The molecule has 0 amide bonds. The van der Waals surface area contributed by atoms with E-state index in [4.69, 9.17) is 0 Å². The predicted octanol–water partition coefficient (Wildman–Crippen LogP) is 5.32. The van der Waals surface area contributed by atoms with E-state index in [1.54, 1.807) is 0 Å². The van der Waals surface area contributed by atoms with Crippen LogP contribution in [0.3, 0.4) is 0 Å². The summed E-state index contributed by atoms with van der Waals surface area (Å²) in [5, 5.41) is 3.64. The number of unbranched alkanes of at least 4 members (excludes halogenated alkanes) is 4. The van der Waals surface area contributed by atoms with Crippen molar-refractivity contribution in [2.45, 2.75) is 71.8 Å². The van der Waals surface area contributed by atoms with Crippen LogP contribution in [0.2, 0.25) is 0 Å². The Labute approximate surface area is 117 Å². The van der Waals surface area contributed by atoms with Crippen molar-refractivity contribution in [3.8, 4) is 0 Å². The van der Waals surface area contributed by atoms with Crippen molar-refractivity contribution in [1.29, 1.82) is 0 Å². The van der Waals surface area contributed by atoms with Crippen LogP contribution in [0, 0.1) is 0 Å². The first kappa shape index (κ1) is 15.7. The third-order valence-electron chi connectivity index (χ3n) is 3.42. The van der Waals surface area contributed by atoms with E-state index in [0.29, 0.717) is 6.04 Å². The fourth-order valence-corrected chi connectivity index (χ4v) is 3.38.